The van der Waals surface area contributed by atoms with Gasteiger partial charge >= 0.3 is 0 Å². The molecular weight excluding hydrogens is 538 g/mol. The van der Waals surface area contributed by atoms with Gasteiger partial charge in [-0.3, -0.25) is 8.87 Å². The van der Waals surface area contributed by atoms with E-state index in [1.165, 1.54) is 32.5 Å². The van der Waals surface area contributed by atoms with Crippen molar-refractivity contribution in [1.29, 1.82) is 0 Å². The summed E-state index contributed by atoms with van der Waals surface area (Å²) >= 11 is 1.69. The molecule has 1 fully saturated rings. The molecule has 0 spiro atoms. The Morgan fingerprint density at radius 2 is 1.69 bits per heavy atom. The van der Waals surface area contributed by atoms with Gasteiger partial charge < -0.3 is 14.6 Å². The number of nitrogens with one attached hydrogen (secondary N) is 1. The lowest BCUT2D eigenvalue weighted by molar-refractivity contribution is 0.147. The molecule has 1 aliphatic rings. The monoisotopic (exact) mass is 573 g/mol. The zero-order chi connectivity index (χ0) is 28.6. The van der Waals surface area contributed by atoms with Crippen LogP contribution in [0.5, 0.6) is 5.75 Å². The van der Waals surface area contributed by atoms with Crippen LogP contribution in [-0.2, 0) is 6.54 Å². The smallest absolute Gasteiger partial charge is 0.150 e. The largest absolute Gasteiger partial charge is 0.496 e. The van der Waals surface area contributed by atoms with E-state index in [9.17, 15) is 0 Å². The summed E-state index contributed by atoms with van der Waals surface area (Å²) < 4.78 is 8.09. The molecule has 6 aromatic rings. The number of ether oxygens (including phenoxy) is 1. The number of nitrogens with zero attached hydrogens (tertiary/aromatic N) is 4. The molecule has 6 nitrogen and oxygen atoms in total. The van der Waals surface area contributed by atoms with E-state index >= 15 is 0 Å². The third-order valence-electron chi connectivity index (χ3n) is 8.31. The van der Waals surface area contributed by atoms with Crippen LogP contribution < -0.4 is 4.74 Å². The van der Waals surface area contributed by atoms with Gasteiger partial charge in [-0.15, -0.1) is 0 Å². The van der Waals surface area contributed by atoms with E-state index < -0.39 is 0 Å². The number of methoxy groups -OCH3 is 1. The van der Waals surface area contributed by atoms with Crippen molar-refractivity contribution in [2.24, 2.45) is 0 Å². The molecule has 0 amide bonds. The molecule has 3 aromatic carbocycles. The molecule has 0 atom stereocenters. The zero-order valence-electron chi connectivity index (χ0n) is 24.3. The summed E-state index contributed by atoms with van der Waals surface area (Å²) in [7, 11) is 3.96. The molecule has 42 heavy (non-hydrogen) atoms. The van der Waals surface area contributed by atoms with Crippen molar-refractivity contribution in [3.05, 3.63) is 103 Å². The molecule has 0 unspecified atom stereocenters. The lowest BCUT2D eigenvalue weighted by Crippen LogP contribution is -2.43. The van der Waals surface area contributed by atoms with Crippen LogP contribution in [-0.4, -0.2) is 64.1 Å². The highest BCUT2D eigenvalue weighted by Gasteiger charge is 2.18. The van der Waals surface area contributed by atoms with Crippen LogP contribution >= 0.6 is 11.9 Å². The van der Waals surface area contributed by atoms with Gasteiger partial charge in [0.05, 0.1) is 7.11 Å². The maximum absolute atomic E-state index is 5.89. The topological polar surface area (TPSA) is 49.3 Å². The summed E-state index contributed by atoms with van der Waals surface area (Å²) in [4.78, 5) is 14.4. The average molecular weight is 574 g/mol. The first-order valence-corrected chi connectivity index (χ1v) is 15.2. The van der Waals surface area contributed by atoms with Crippen molar-refractivity contribution in [1.82, 2.24) is 23.7 Å². The van der Waals surface area contributed by atoms with Crippen LogP contribution in [0, 0.1) is 6.92 Å². The average Bonchev–Trinajstić information content (AvgIpc) is 3.63. The SMILES string of the molecule is COc1cc(-c2cnc3c(c2)c(-c2ccc4[nH]ccc4c2)cn3Sc2ccc(C)cc2)ccc1CN1CCN(C)CC1. The van der Waals surface area contributed by atoms with Gasteiger partial charge in [0.2, 0.25) is 0 Å². The normalized spacial score (nSPS) is 14.6. The van der Waals surface area contributed by atoms with Gasteiger partial charge in [0.15, 0.2) is 5.65 Å². The third-order valence-corrected chi connectivity index (χ3v) is 9.27. The lowest BCUT2D eigenvalue weighted by Gasteiger charge is -2.32. The number of aromatic nitrogens is 3. The van der Waals surface area contributed by atoms with E-state index in [2.05, 4.69) is 112 Å². The second-order valence-corrected chi connectivity index (χ2v) is 12.3. The summed E-state index contributed by atoms with van der Waals surface area (Å²) in [6.45, 7) is 7.39. The summed E-state index contributed by atoms with van der Waals surface area (Å²) in [6.07, 6.45) is 6.20. The van der Waals surface area contributed by atoms with E-state index in [-0.39, 0.29) is 0 Å². The highest BCUT2D eigenvalue weighted by Crippen LogP contribution is 2.38. The van der Waals surface area contributed by atoms with E-state index in [0.717, 1.165) is 66.2 Å². The maximum Gasteiger partial charge on any atom is 0.150 e. The number of pyridine rings is 1. The molecule has 0 aliphatic carbocycles. The van der Waals surface area contributed by atoms with Gasteiger partial charge in [-0.1, -0.05) is 35.9 Å². The quantitative estimate of drug-likeness (QED) is 0.215. The first kappa shape index (κ1) is 26.8. The molecule has 212 valence electrons. The highest BCUT2D eigenvalue weighted by molar-refractivity contribution is 7.98. The number of hydrogen-bond acceptors (Lipinski definition) is 5. The minimum Gasteiger partial charge on any atom is -0.496 e. The molecule has 0 saturated carbocycles. The van der Waals surface area contributed by atoms with Crippen molar-refractivity contribution in [3.8, 4) is 28.0 Å². The van der Waals surface area contributed by atoms with Crippen LogP contribution in [0.2, 0.25) is 0 Å². The minimum atomic E-state index is 0.902. The third kappa shape index (κ3) is 5.31. The van der Waals surface area contributed by atoms with Gasteiger partial charge in [0.1, 0.15) is 5.75 Å². The summed E-state index contributed by atoms with van der Waals surface area (Å²) in [5, 5.41) is 2.33. The molecule has 0 radical (unpaired) electrons. The molecule has 1 aliphatic heterocycles. The standard InChI is InChI=1S/C35H35N5OS/c1-24-4-9-30(10-5-24)42-40-23-32(26-8-11-33-27(18-26)12-13-36-33)31-19-29(21-37-35(31)40)25-6-7-28(34(20-25)41-3)22-39-16-14-38(2)15-17-39/h4-13,18-21,23,36H,14-17,22H2,1-3H3. The molecule has 1 N–H and O–H groups in total. The fourth-order valence-corrected chi connectivity index (χ4v) is 6.65. The first-order chi connectivity index (χ1) is 20.5. The first-order valence-electron chi connectivity index (χ1n) is 14.5. The number of benzene rings is 3. The fraction of sp³-hybridized carbons (Fsp3) is 0.229. The van der Waals surface area contributed by atoms with Crippen LogP contribution in [0.1, 0.15) is 11.1 Å². The Balaban J connectivity index is 1.28. The Bertz CT molecular complexity index is 1860. The lowest BCUT2D eigenvalue weighted by atomic mass is 10.00. The number of aryl methyl sites for hydroxylation is 1. The number of H-pyrrole nitrogens is 1. The Kier molecular flexibility index (Phi) is 7.24. The van der Waals surface area contributed by atoms with E-state index in [1.807, 2.05) is 12.4 Å². The molecule has 4 heterocycles. The number of rotatable bonds is 7. The second kappa shape index (κ2) is 11.3. The van der Waals surface area contributed by atoms with Crippen molar-refractivity contribution >= 4 is 33.9 Å². The summed E-state index contributed by atoms with van der Waals surface area (Å²) in [6, 6.07) is 26.2. The molecular formula is C35H35N5OS. The number of hydrogen-bond donors (Lipinski definition) is 1. The van der Waals surface area contributed by atoms with Crippen molar-refractivity contribution in [2.45, 2.75) is 18.4 Å². The number of fused-ring (bicyclic) bond motifs is 2. The highest BCUT2D eigenvalue weighted by atomic mass is 32.2. The van der Waals surface area contributed by atoms with Crippen LogP contribution in [0.25, 0.3) is 44.2 Å². The van der Waals surface area contributed by atoms with Gasteiger partial charge in [-0.05, 0) is 84.9 Å². The predicted octanol–water partition coefficient (Wildman–Crippen LogP) is 7.47. The number of likely N-dealkylation sites (N-methyl/N-ethyl adjacent to an activating group) is 1. The molecule has 0 bridgehead atoms. The van der Waals surface area contributed by atoms with E-state index in [4.69, 9.17) is 9.72 Å². The van der Waals surface area contributed by atoms with Gasteiger partial charge in [0, 0.05) is 83.8 Å². The summed E-state index contributed by atoms with van der Waals surface area (Å²) in [5.74, 6) is 0.928. The molecule has 7 heteroatoms. The van der Waals surface area contributed by atoms with Gasteiger partial charge in [-0.25, -0.2) is 4.98 Å². The Hall–Kier alpha value is -4.04. The second-order valence-electron chi connectivity index (χ2n) is 11.3. The zero-order valence-corrected chi connectivity index (χ0v) is 25.1. The Labute approximate surface area is 251 Å². The molecule has 3 aromatic heterocycles. The van der Waals surface area contributed by atoms with Crippen molar-refractivity contribution < 1.29 is 4.74 Å². The van der Waals surface area contributed by atoms with Gasteiger partial charge in [-0.2, -0.15) is 0 Å². The van der Waals surface area contributed by atoms with Crippen molar-refractivity contribution in [2.75, 3.05) is 40.3 Å². The molecule has 1 saturated heterocycles. The van der Waals surface area contributed by atoms with Gasteiger partial charge in [0.25, 0.3) is 0 Å². The summed E-state index contributed by atoms with van der Waals surface area (Å²) in [5.41, 5.74) is 9.09. The van der Waals surface area contributed by atoms with E-state index in [0.29, 0.717) is 0 Å². The minimum absolute atomic E-state index is 0.902. The Morgan fingerprint density at radius 1 is 0.881 bits per heavy atom. The molecule has 7 rings (SSSR count). The van der Waals surface area contributed by atoms with E-state index in [1.54, 1.807) is 19.1 Å². The Morgan fingerprint density at radius 3 is 2.50 bits per heavy atom. The van der Waals surface area contributed by atoms with Crippen LogP contribution in [0.3, 0.4) is 0 Å². The maximum atomic E-state index is 5.89. The predicted molar refractivity (Wildman–Crippen MR) is 174 cm³/mol. The van der Waals surface area contributed by atoms with Crippen LogP contribution in [0.15, 0.2) is 96.3 Å². The number of piperazine rings is 1. The van der Waals surface area contributed by atoms with Crippen molar-refractivity contribution in [3.63, 3.8) is 0 Å². The fourth-order valence-electron chi connectivity index (χ4n) is 5.77. The number of aromatic amines is 1. The van der Waals surface area contributed by atoms with Crippen LogP contribution in [0.4, 0.5) is 0 Å².